The molecule has 21 heavy (non-hydrogen) atoms. The molecule has 0 aromatic heterocycles. The molecule has 0 aliphatic rings. The van der Waals surface area contributed by atoms with E-state index in [-0.39, 0.29) is 17.6 Å². The number of sulfonamides is 1. The number of nitrogens with two attached hydrogens (primary N) is 1. The van der Waals surface area contributed by atoms with Crippen molar-refractivity contribution in [2.75, 3.05) is 12.0 Å². The molecule has 0 atom stereocenters. The normalized spacial score (nSPS) is 12.2. The van der Waals surface area contributed by atoms with Gasteiger partial charge < -0.3 is 5.43 Å². The van der Waals surface area contributed by atoms with Gasteiger partial charge in [-0.2, -0.15) is 0 Å². The molecule has 1 aromatic rings. The van der Waals surface area contributed by atoms with Gasteiger partial charge in [0.25, 0.3) is 5.69 Å². The zero-order valence-electron chi connectivity index (χ0n) is 11.8. The second-order valence-corrected chi connectivity index (χ2v) is 7.29. The number of hydrogen-bond donors (Lipinski definition) is 3. The van der Waals surface area contributed by atoms with Gasteiger partial charge in [0.1, 0.15) is 4.90 Å². The maximum Gasteiger partial charge on any atom is 0.274 e. The third-order valence-corrected chi connectivity index (χ3v) is 3.93. The Bertz CT molecular complexity index is 655. The predicted molar refractivity (Wildman–Crippen MR) is 75.5 cm³/mol. The monoisotopic (exact) mass is 320 g/mol. The van der Waals surface area contributed by atoms with Gasteiger partial charge in [0, 0.05) is 12.6 Å². The van der Waals surface area contributed by atoms with E-state index in [1.54, 1.807) is 20.8 Å². The van der Waals surface area contributed by atoms with Crippen LogP contribution in [0.4, 0.5) is 15.8 Å². The van der Waals surface area contributed by atoms with Gasteiger partial charge in [0.15, 0.2) is 5.82 Å². The van der Waals surface area contributed by atoms with Gasteiger partial charge in [-0.05, 0) is 5.41 Å². The van der Waals surface area contributed by atoms with E-state index in [2.05, 4.69) is 4.72 Å². The maximum atomic E-state index is 14.0. The molecule has 1 rings (SSSR count). The van der Waals surface area contributed by atoms with Crippen molar-refractivity contribution in [3.8, 4) is 0 Å². The predicted octanol–water partition coefficient (Wildman–Crippen LogP) is 1.34. The van der Waals surface area contributed by atoms with E-state index < -0.39 is 31.3 Å². The number of nitrogen functional groups attached to an aromatic ring is 1. The van der Waals surface area contributed by atoms with Gasteiger partial charge in [-0.25, -0.2) is 17.5 Å². The highest BCUT2D eigenvalue weighted by Gasteiger charge is 2.27. The first-order valence-corrected chi connectivity index (χ1v) is 7.40. The van der Waals surface area contributed by atoms with Crippen molar-refractivity contribution < 1.29 is 17.7 Å². The quantitative estimate of drug-likeness (QED) is 0.427. The minimum absolute atomic E-state index is 0.0653. The minimum Gasteiger partial charge on any atom is -0.323 e. The van der Waals surface area contributed by atoms with Gasteiger partial charge in [-0.1, -0.05) is 20.8 Å². The lowest BCUT2D eigenvalue weighted by atomic mass is 9.98. The van der Waals surface area contributed by atoms with Crippen LogP contribution in [-0.2, 0) is 10.0 Å². The van der Waals surface area contributed by atoms with Crippen LogP contribution in [0.1, 0.15) is 20.8 Å². The van der Waals surface area contributed by atoms with Crippen LogP contribution in [0.3, 0.4) is 0 Å². The lowest BCUT2D eigenvalue weighted by Crippen LogP contribution is -2.33. The molecule has 0 aliphatic heterocycles. The highest BCUT2D eigenvalue weighted by atomic mass is 32.2. The number of hydrogen-bond acceptors (Lipinski definition) is 6. The van der Waals surface area contributed by atoms with Crippen molar-refractivity contribution in [1.29, 1.82) is 0 Å². The minimum atomic E-state index is -4.20. The molecule has 0 fully saturated rings. The topological polar surface area (TPSA) is 127 Å². The number of nitrogens with one attached hydrogen (secondary N) is 2. The summed E-state index contributed by atoms with van der Waals surface area (Å²) >= 11 is 0. The number of non-ortho nitro benzene ring substituents is 1. The van der Waals surface area contributed by atoms with Crippen molar-refractivity contribution in [3.05, 3.63) is 28.1 Å². The van der Waals surface area contributed by atoms with Crippen LogP contribution in [0.2, 0.25) is 0 Å². The zero-order valence-corrected chi connectivity index (χ0v) is 12.6. The van der Waals surface area contributed by atoms with Crippen molar-refractivity contribution in [2.45, 2.75) is 25.7 Å². The molecule has 118 valence electrons. The van der Waals surface area contributed by atoms with E-state index in [1.165, 1.54) is 0 Å². The SMILES string of the molecule is CC(C)(C)CNS(=O)(=O)c1c(F)cc([N+](=O)[O-])cc1NN. The summed E-state index contributed by atoms with van der Waals surface area (Å²) in [5.74, 6) is 3.88. The van der Waals surface area contributed by atoms with Crippen LogP contribution in [0.5, 0.6) is 0 Å². The fourth-order valence-corrected chi connectivity index (χ4v) is 2.94. The largest absolute Gasteiger partial charge is 0.323 e. The summed E-state index contributed by atoms with van der Waals surface area (Å²) in [4.78, 5) is 9.05. The Morgan fingerprint density at radius 2 is 1.95 bits per heavy atom. The molecule has 0 bridgehead atoms. The molecule has 0 unspecified atom stereocenters. The Labute approximate surface area is 121 Å². The number of rotatable bonds is 5. The van der Waals surface area contributed by atoms with E-state index in [4.69, 9.17) is 5.84 Å². The molecule has 0 amide bonds. The van der Waals surface area contributed by atoms with Gasteiger partial charge in [-0.3, -0.25) is 16.0 Å². The first-order valence-electron chi connectivity index (χ1n) is 5.92. The Hall–Kier alpha value is -1.78. The molecule has 4 N–H and O–H groups in total. The van der Waals surface area contributed by atoms with Crippen molar-refractivity contribution in [2.24, 2.45) is 11.3 Å². The average Bonchev–Trinajstić information content (AvgIpc) is 2.34. The highest BCUT2D eigenvalue weighted by Crippen LogP contribution is 2.29. The van der Waals surface area contributed by atoms with Gasteiger partial charge in [0.2, 0.25) is 10.0 Å². The smallest absolute Gasteiger partial charge is 0.274 e. The number of halogens is 1. The molecule has 0 saturated heterocycles. The fraction of sp³-hybridized carbons (Fsp3) is 0.455. The van der Waals surface area contributed by atoms with E-state index in [1.807, 2.05) is 5.43 Å². The van der Waals surface area contributed by atoms with Crippen molar-refractivity contribution in [1.82, 2.24) is 4.72 Å². The third-order valence-electron chi connectivity index (χ3n) is 2.46. The summed E-state index contributed by atoms with van der Waals surface area (Å²) in [5.41, 5.74) is 0.623. The second kappa shape index (κ2) is 5.92. The van der Waals surface area contributed by atoms with Crippen LogP contribution in [-0.4, -0.2) is 19.9 Å². The van der Waals surface area contributed by atoms with Crippen molar-refractivity contribution in [3.63, 3.8) is 0 Å². The van der Waals surface area contributed by atoms with Gasteiger partial charge in [0.05, 0.1) is 16.7 Å². The summed E-state index contributed by atoms with van der Waals surface area (Å²) in [6, 6.07) is 1.39. The highest BCUT2D eigenvalue weighted by molar-refractivity contribution is 7.89. The Kier molecular flexibility index (Phi) is 4.87. The second-order valence-electron chi connectivity index (χ2n) is 5.59. The summed E-state index contributed by atoms with van der Waals surface area (Å²) in [5, 5.41) is 10.6. The third kappa shape index (κ3) is 4.34. The zero-order chi connectivity index (χ0) is 16.4. The number of hydrazine groups is 1. The number of benzene rings is 1. The lowest BCUT2D eigenvalue weighted by Gasteiger charge is -2.19. The molecule has 0 spiro atoms. The van der Waals surface area contributed by atoms with Gasteiger partial charge >= 0.3 is 0 Å². The van der Waals surface area contributed by atoms with Crippen LogP contribution in [0, 0.1) is 21.3 Å². The standard InChI is InChI=1S/C11H17FN4O4S/c1-11(2,3)6-14-21(19,20)10-8(12)4-7(16(17)18)5-9(10)15-13/h4-5,14-15H,6,13H2,1-3H3. The van der Waals surface area contributed by atoms with Crippen LogP contribution in [0.15, 0.2) is 17.0 Å². The molecule has 1 aromatic carbocycles. The molecular weight excluding hydrogens is 303 g/mol. The van der Waals surface area contributed by atoms with Crippen LogP contribution in [0.25, 0.3) is 0 Å². The van der Waals surface area contributed by atoms with E-state index in [0.717, 1.165) is 6.07 Å². The molecule has 0 radical (unpaired) electrons. The summed E-state index contributed by atoms with van der Waals surface area (Å²) < 4.78 is 40.5. The lowest BCUT2D eigenvalue weighted by molar-refractivity contribution is -0.385. The average molecular weight is 320 g/mol. The first kappa shape index (κ1) is 17.3. The van der Waals surface area contributed by atoms with E-state index in [0.29, 0.717) is 6.07 Å². The van der Waals surface area contributed by atoms with Gasteiger partial charge in [-0.15, -0.1) is 0 Å². The number of nitrogens with zero attached hydrogens (tertiary/aromatic N) is 1. The Morgan fingerprint density at radius 1 is 1.38 bits per heavy atom. The summed E-state index contributed by atoms with van der Waals surface area (Å²) in [6.07, 6.45) is 0. The first-order chi connectivity index (χ1) is 9.48. The Balaban J connectivity index is 3.32. The maximum absolute atomic E-state index is 14.0. The number of nitro benzene ring substituents is 1. The fourth-order valence-electron chi connectivity index (χ4n) is 1.45. The molecule has 0 heterocycles. The summed E-state index contributed by atoms with van der Waals surface area (Å²) in [6.45, 7) is 5.45. The molecular formula is C11H17FN4O4S. The number of anilines is 1. The number of nitro groups is 1. The van der Waals surface area contributed by atoms with Crippen LogP contribution < -0.4 is 16.0 Å². The van der Waals surface area contributed by atoms with E-state index >= 15 is 0 Å². The Morgan fingerprint density at radius 3 is 2.38 bits per heavy atom. The van der Waals surface area contributed by atoms with Crippen molar-refractivity contribution >= 4 is 21.4 Å². The molecule has 8 nitrogen and oxygen atoms in total. The molecule has 0 aliphatic carbocycles. The molecule has 0 saturated carbocycles. The van der Waals surface area contributed by atoms with E-state index in [9.17, 15) is 22.9 Å². The van der Waals surface area contributed by atoms with Crippen LogP contribution >= 0.6 is 0 Å². The molecule has 10 heteroatoms. The summed E-state index contributed by atoms with van der Waals surface area (Å²) in [7, 11) is -4.20.